The van der Waals surface area contributed by atoms with Gasteiger partial charge in [0.05, 0.1) is 0 Å². The molecule has 2 N–H and O–H groups in total. The monoisotopic (exact) mass is 351 g/mol. The van der Waals surface area contributed by atoms with Crippen LogP contribution in [0.1, 0.15) is 29.5 Å². The lowest BCUT2D eigenvalue weighted by atomic mass is 10.1. The number of carbonyl (C=O) groups is 2. The molecule has 136 valence electrons. The van der Waals surface area contributed by atoms with Gasteiger partial charge in [-0.2, -0.15) is 0 Å². The summed E-state index contributed by atoms with van der Waals surface area (Å²) in [6.07, 6.45) is 1.96. The van der Waals surface area contributed by atoms with Gasteiger partial charge in [0, 0.05) is 31.7 Å². The van der Waals surface area contributed by atoms with E-state index in [-0.39, 0.29) is 17.9 Å². The maximum atomic E-state index is 12.3. The van der Waals surface area contributed by atoms with Crippen molar-refractivity contribution in [1.82, 2.24) is 10.2 Å². The van der Waals surface area contributed by atoms with Crippen molar-refractivity contribution in [3.63, 3.8) is 0 Å². The summed E-state index contributed by atoms with van der Waals surface area (Å²) in [7, 11) is 1.79. The normalized spacial score (nSPS) is 13.2. The number of nitrogens with zero attached hydrogens (tertiary/aromatic N) is 1. The SMILES string of the molecule is Cc1ccccc1CN(C)C(=O)NCc1cccc(NC(=O)C2CC2)c1. The molecule has 0 atom stereocenters. The zero-order chi connectivity index (χ0) is 18.5. The lowest BCUT2D eigenvalue weighted by Gasteiger charge is -2.19. The maximum absolute atomic E-state index is 12.3. The third-order valence-electron chi connectivity index (χ3n) is 4.60. The van der Waals surface area contributed by atoms with Gasteiger partial charge in [0.2, 0.25) is 5.91 Å². The minimum Gasteiger partial charge on any atom is -0.334 e. The summed E-state index contributed by atoms with van der Waals surface area (Å²) in [5.74, 6) is 0.262. The fourth-order valence-corrected chi connectivity index (χ4v) is 2.78. The molecule has 2 aromatic carbocycles. The summed E-state index contributed by atoms with van der Waals surface area (Å²) < 4.78 is 0. The van der Waals surface area contributed by atoms with Gasteiger partial charge in [0.1, 0.15) is 0 Å². The number of rotatable bonds is 6. The van der Waals surface area contributed by atoms with Crippen LogP contribution in [-0.4, -0.2) is 23.9 Å². The van der Waals surface area contributed by atoms with E-state index >= 15 is 0 Å². The molecule has 0 spiro atoms. The van der Waals surface area contributed by atoms with E-state index in [1.165, 1.54) is 5.56 Å². The molecule has 1 fully saturated rings. The molecule has 1 aliphatic carbocycles. The highest BCUT2D eigenvalue weighted by molar-refractivity contribution is 5.94. The fourth-order valence-electron chi connectivity index (χ4n) is 2.78. The second kappa shape index (κ2) is 8.04. The molecule has 26 heavy (non-hydrogen) atoms. The molecular weight excluding hydrogens is 326 g/mol. The van der Waals surface area contributed by atoms with Gasteiger partial charge in [-0.05, 0) is 48.6 Å². The first-order chi connectivity index (χ1) is 12.5. The number of urea groups is 1. The van der Waals surface area contributed by atoms with Crippen molar-refractivity contribution in [2.45, 2.75) is 32.9 Å². The van der Waals surface area contributed by atoms with Crippen LogP contribution in [0.2, 0.25) is 0 Å². The molecule has 1 aliphatic rings. The van der Waals surface area contributed by atoms with Crippen LogP contribution >= 0.6 is 0 Å². The standard InChI is InChI=1S/C21H25N3O2/c1-15-6-3-4-8-18(15)14-24(2)21(26)22-13-16-7-5-9-19(12-16)23-20(25)17-10-11-17/h3-9,12,17H,10-11,13-14H2,1-2H3,(H,22,26)(H,23,25). The molecule has 2 aromatic rings. The fraction of sp³-hybridized carbons (Fsp3) is 0.333. The summed E-state index contributed by atoms with van der Waals surface area (Å²) in [6, 6.07) is 15.5. The minimum absolute atomic E-state index is 0.0872. The smallest absolute Gasteiger partial charge is 0.317 e. The quantitative estimate of drug-likeness (QED) is 0.834. The zero-order valence-corrected chi connectivity index (χ0v) is 15.3. The number of nitrogens with one attached hydrogen (secondary N) is 2. The Morgan fingerprint density at radius 3 is 2.62 bits per heavy atom. The average molecular weight is 351 g/mol. The third kappa shape index (κ3) is 4.85. The van der Waals surface area contributed by atoms with E-state index in [9.17, 15) is 9.59 Å². The van der Waals surface area contributed by atoms with Crippen LogP contribution in [0.15, 0.2) is 48.5 Å². The number of hydrogen-bond donors (Lipinski definition) is 2. The Kier molecular flexibility index (Phi) is 5.56. The molecule has 0 saturated heterocycles. The number of carbonyl (C=O) groups excluding carboxylic acids is 2. The van der Waals surface area contributed by atoms with Gasteiger partial charge in [0.25, 0.3) is 0 Å². The van der Waals surface area contributed by atoms with E-state index in [1.807, 2.05) is 55.5 Å². The molecule has 3 rings (SSSR count). The lowest BCUT2D eigenvalue weighted by molar-refractivity contribution is -0.117. The zero-order valence-electron chi connectivity index (χ0n) is 15.3. The molecule has 3 amide bonds. The highest BCUT2D eigenvalue weighted by Gasteiger charge is 2.29. The predicted octanol–water partition coefficient (Wildman–Crippen LogP) is 3.69. The Labute approximate surface area is 154 Å². The highest BCUT2D eigenvalue weighted by atomic mass is 16.2. The number of hydrogen-bond acceptors (Lipinski definition) is 2. The number of aryl methyl sites for hydroxylation is 1. The Bertz CT molecular complexity index is 799. The van der Waals surface area contributed by atoms with Crippen molar-refractivity contribution in [2.75, 3.05) is 12.4 Å². The van der Waals surface area contributed by atoms with Gasteiger partial charge in [-0.3, -0.25) is 4.79 Å². The van der Waals surface area contributed by atoms with E-state index in [0.717, 1.165) is 29.7 Å². The van der Waals surface area contributed by atoms with Crippen LogP contribution in [0.3, 0.4) is 0 Å². The molecule has 0 radical (unpaired) electrons. The first-order valence-electron chi connectivity index (χ1n) is 8.96. The second-order valence-electron chi connectivity index (χ2n) is 6.91. The van der Waals surface area contributed by atoms with Crippen LogP contribution in [0.5, 0.6) is 0 Å². The molecule has 0 unspecified atom stereocenters. The third-order valence-corrected chi connectivity index (χ3v) is 4.60. The van der Waals surface area contributed by atoms with Gasteiger partial charge in [-0.25, -0.2) is 4.79 Å². The molecular formula is C21H25N3O2. The van der Waals surface area contributed by atoms with Gasteiger partial charge in [-0.1, -0.05) is 36.4 Å². The van der Waals surface area contributed by atoms with E-state index < -0.39 is 0 Å². The first kappa shape index (κ1) is 18.0. The molecule has 0 aromatic heterocycles. The van der Waals surface area contributed by atoms with Gasteiger partial charge >= 0.3 is 6.03 Å². The largest absolute Gasteiger partial charge is 0.334 e. The van der Waals surface area contributed by atoms with Crippen LogP contribution < -0.4 is 10.6 Å². The Morgan fingerprint density at radius 1 is 1.12 bits per heavy atom. The molecule has 5 heteroatoms. The van der Waals surface area contributed by atoms with Crippen LogP contribution in [-0.2, 0) is 17.9 Å². The van der Waals surface area contributed by atoms with Crippen molar-refractivity contribution in [2.24, 2.45) is 5.92 Å². The van der Waals surface area contributed by atoms with Gasteiger partial charge in [-0.15, -0.1) is 0 Å². The molecule has 0 bridgehead atoms. The predicted molar refractivity (Wildman–Crippen MR) is 103 cm³/mol. The second-order valence-corrected chi connectivity index (χ2v) is 6.91. The number of amides is 3. The van der Waals surface area contributed by atoms with Crippen molar-refractivity contribution >= 4 is 17.6 Å². The van der Waals surface area contributed by atoms with Crippen molar-refractivity contribution < 1.29 is 9.59 Å². The van der Waals surface area contributed by atoms with E-state index in [1.54, 1.807) is 11.9 Å². The first-order valence-corrected chi connectivity index (χ1v) is 8.96. The van der Waals surface area contributed by atoms with Crippen molar-refractivity contribution in [3.8, 4) is 0 Å². The van der Waals surface area contributed by atoms with E-state index in [2.05, 4.69) is 10.6 Å². The molecule has 0 aliphatic heterocycles. The maximum Gasteiger partial charge on any atom is 0.317 e. The van der Waals surface area contributed by atoms with Crippen LogP contribution in [0.4, 0.5) is 10.5 Å². The summed E-state index contributed by atoms with van der Waals surface area (Å²) in [4.78, 5) is 25.9. The summed E-state index contributed by atoms with van der Waals surface area (Å²) >= 11 is 0. The summed E-state index contributed by atoms with van der Waals surface area (Å²) in [5.41, 5.74) is 4.04. The Balaban J connectivity index is 1.52. The van der Waals surface area contributed by atoms with Gasteiger partial charge in [0.15, 0.2) is 0 Å². The van der Waals surface area contributed by atoms with Crippen molar-refractivity contribution in [3.05, 3.63) is 65.2 Å². The average Bonchev–Trinajstić information content (AvgIpc) is 3.47. The minimum atomic E-state index is -0.124. The van der Waals surface area contributed by atoms with E-state index in [4.69, 9.17) is 0 Å². The van der Waals surface area contributed by atoms with E-state index in [0.29, 0.717) is 13.1 Å². The Morgan fingerprint density at radius 2 is 1.88 bits per heavy atom. The lowest BCUT2D eigenvalue weighted by Crippen LogP contribution is -2.36. The van der Waals surface area contributed by atoms with Crippen LogP contribution in [0.25, 0.3) is 0 Å². The number of anilines is 1. The topological polar surface area (TPSA) is 61.4 Å². The highest BCUT2D eigenvalue weighted by Crippen LogP contribution is 2.30. The Hall–Kier alpha value is -2.82. The van der Waals surface area contributed by atoms with Crippen molar-refractivity contribution in [1.29, 1.82) is 0 Å². The van der Waals surface area contributed by atoms with Crippen LogP contribution in [0, 0.1) is 12.8 Å². The summed E-state index contributed by atoms with van der Waals surface area (Å²) in [6.45, 7) is 3.03. The molecule has 5 nitrogen and oxygen atoms in total. The summed E-state index contributed by atoms with van der Waals surface area (Å²) in [5, 5.41) is 5.86. The molecule has 0 heterocycles. The molecule has 1 saturated carbocycles. The number of benzene rings is 2. The van der Waals surface area contributed by atoms with Gasteiger partial charge < -0.3 is 15.5 Å².